The van der Waals surface area contributed by atoms with Gasteiger partial charge in [0, 0.05) is 0 Å². The fourth-order valence-corrected chi connectivity index (χ4v) is 1.90. The molecule has 1 atom stereocenters. The first kappa shape index (κ1) is 13.9. The maximum absolute atomic E-state index is 12.0. The van der Waals surface area contributed by atoms with Gasteiger partial charge < -0.3 is 4.74 Å². The van der Waals surface area contributed by atoms with Gasteiger partial charge in [-0.1, -0.05) is 12.1 Å². The van der Waals surface area contributed by atoms with Crippen LogP contribution in [-0.2, 0) is 14.3 Å². The van der Waals surface area contributed by atoms with Crippen molar-refractivity contribution < 1.29 is 26.1 Å². The molecule has 4 nitrogen and oxygen atoms in total. The van der Waals surface area contributed by atoms with Gasteiger partial charge in [0.1, 0.15) is 5.75 Å². The molecule has 0 N–H and O–H groups in total. The minimum absolute atomic E-state index is 0.0403. The lowest BCUT2D eigenvalue weighted by molar-refractivity contribution is -0.0499. The molecule has 1 aromatic rings. The van der Waals surface area contributed by atoms with Gasteiger partial charge >= 0.3 is 6.61 Å². The van der Waals surface area contributed by atoms with Crippen LogP contribution in [0.4, 0.5) is 8.78 Å². The number of halogens is 2. The molecule has 0 aromatic heterocycles. The fourth-order valence-electron chi connectivity index (χ4n) is 1.26. The summed E-state index contributed by atoms with van der Waals surface area (Å²) in [6, 6.07) is 5.70. The van der Waals surface area contributed by atoms with Crippen LogP contribution in [0.3, 0.4) is 0 Å². The van der Waals surface area contributed by atoms with E-state index in [0.29, 0.717) is 5.56 Å². The molecule has 0 heterocycles. The van der Waals surface area contributed by atoms with E-state index in [-0.39, 0.29) is 5.75 Å². The Kier molecular flexibility index (Phi) is 4.41. The van der Waals surface area contributed by atoms with Crippen molar-refractivity contribution in [3.8, 4) is 5.75 Å². The Morgan fingerprint density at radius 3 is 2.47 bits per heavy atom. The van der Waals surface area contributed by atoms with Crippen molar-refractivity contribution in [1.82, 2.24) is 0 Å². The molecule has 17 heavy (non-hydrogen) atoms. The van der Waals surface area contributed by atoms with Crippen LogP contribution in [0.15, 0.2) is 24.3 Å². The van der Waals surface area contributed by atoms with Crippen molar-refractivity contribution in [2.75, 3.05) is 6.26 Å². The smallest absolute Gasteiger partial charge is 0.387 e. The molecule has 0 bridgehead atoms. The number of rotatable bonds is 5. The van der Waals surface area contributed by atoms with Gasteiger partial charge in [0.05, 0.1) is 12.4 Å². The Bertz CT molecular complexity index is 473. The second-order valence-corrected chi connectivity index (χ2v) is 4.99. The molecular formula is C10H12F2O4S. The van der Waals surface area contributed by atoms with Gasteiger partial charge in [-0.3, -0.25) is 4.18 Å². The Labute approximate surface area is 98.3 Å². The quantitative estimate of drug-likeness (QED) is 0.767. The average Bonchev–Trinajstić information content (AvgIpc) is 2.14. The lowest BCUT2D eigenvalue weighted by Gasteiger charge is -2.12. The number of benzene rings is 1. The van der Waals surface area contributed by atoms with Crippen LogP contribution in [0.5, 0.6) is 5.75 Å². The fraction of sp³-hybridized carbons (Fsp3) is 0.400. The van der Waals surface area contributed by atoms with Crippen molar-refractivity contribution in [2.24, 2.45) is 0 Å². The molecule has 1 rings (SSSR count). The maximum atomic E-state index is 12.0. The molecular weight excluding hydrogens is 254 g/mol. The predicted octanol–water partition coefficient (Wildman–Crippen LogP) is 2.33. The van der Waals surface area contributed by atoms with E-state index in [1.807, 2.05) is 0 Å². The molecule has 0 aliphatic heterocycles. The van der Waals surface area contributed by atoms with E-state index in [9.17, 15) is 17.2 Å². The molecule has 0 fully saturated rings. The van der Waals surface area contributed by atoms with E-state index in [2.05, 4.69) is 4.74 Å². The molecule has 0 radical (unpaired) electrons. The minimum atomic E-state index is -3.60. The van der Waals surface area contributed by atoms with Gasteiger partial charge in [-0.25, -0.2) is 0 Å². The third-order valence-corrected chi connectivity index (χ3v) is 2.51. The lowest BCUT2D eigenvalue weighted by Crippen LogP contribution is -2.08. The summed E-state index contributed by atoms with van der Waals surface area (Å²) < 4.78 is 54.7. The second kappa shape index (κ2) is 5.42. The Morgan fingerprint density at radius 2 is 1.94 bits per heavy atom. The highest BCUT2D eigenvalue weighted by molar-refractivity contribution is 7.86. The molecule has 7 heteroatoms. The third kappa shape index (κ3) is 5.10. The van der Waals surface area contributed by atoms with Crippen molar-refractivity contribution in [3.63, 3.8) is 0 Å². The van der Waals surface area contributed by atoms with E-state index in [1.54, 1.807) is 6.07 Å². The van der Waals surface area contributed by atoms with Gasteiger partial charge in [0.25, 0.3) is 10.1 Å². The van der Waals surface area contributed by atoms with Crippen LogP contribution in [-0.4, -0.2) is 21.3 Å². The summed E-state index contributed by atoms with van der Waals surface area (Å²) in [5.74, 6) is -0.0403. The molecule has 0 aliphatic rings. The summed E-state index contributed by atoms with van der Waals surface area (Å²) in [5.41, 5.74) is 0.438. The second-order valence-electron chi connectivity index (χ2n) is 3.39. The molecule has 0 amide bonds. The highest BCUT2D eigenvalue weighted by Gasteiger charge is 2.14. The topological polar surface area (TPSA) is 52.6 Å². The molecule has 96 valence electrons. The first-order chi connectivity index (χ1) is 7.78. The Morgan fingerprint density at radius 1 is 1.29 bits per heavy atom. The first-order valence-corrected chi connectivity index (χ1v) is 6.52. The highest BCUT2D eigenvalue weighted by atomic mass is 32.2. The summed E-state index contributed by atoms with van der Waals surface area (Å²) in [4.78, 5) is 0. The van der Waals surface area contributed by atoms with Gasteiger partial charge in [0.2, 0.25) is 0 Å². The van der Waals surface area contributed by atoms with Gasteiger partial charge in [-0.05, 0) is 24.6 Å². The van der Waals surface area contributed by atoms with Crippen molar-refractivity contribution in [3.05, 3.63) is 29.8 Å². The monoisotopic (exact) mass is 266 g/mol. The lowest BCUT2D eigenvalue weighted by atomic mass is 10.1. The van der Waals surface area contributed by atoms with E-state index >= 15 is 0 Å². The standard InChI is InChI=1S/C10H12F2O4S/c1-7(16-17(2,13)14)8-4-3-5-9(6-8)15-10(11)12/h3-7,10H,1-2H3. The average molecular weight is 266 g/mol. The van der Waals surface area contributed by atoms with E-state index in [1.165, 1.54) is 25.1 Å². The Balaban J connectivity index is 2.84. The number of hydrogen-bond acceptors (Lipinski definition) is 4. The zero-order chi connectivity index (χ0) is 13.1. The normalized spacial score (nSPS) is 13.7. The van der Waals surface area contributed by atoms with Crippen LogP contribution in [0.1, 0.15) is 18.6 Å². The molecule has 1 aromatic carbocycles. The summed E-state index contributed by atoms with van der Waals surface area (Å²) in [6.45, 7) is -1.42. The van der Waals surface area contributed by atoms with Crippen LogP contribution in [0, 0.1) is 0 Å². The van der Waals surface area contributed by atoms with Crippen LogP contribution < -0.4 is 4.74 Å². The van der Waals surface area contributed by atoms with Crippen molar-refractivity contribution in [2.45, 2.75) is 19.6 Å². The highest BCUT2D eigenvalue weighted by Crippen LogP contribution is 2.23. The van der Waals surface area contributed by atoms with Gasteiger partial charge in [-0.2, -0.15) is 17.2 Å². The number of alkyl halides is 2. The summed E-state index contributed by atoms with van der Waals surface area (Å²) >= 11 is 0. The third-order valence-electron chi connectivity index (χ3n) is 1.87. The first-order valence-electron chi connectivity index (χ1n) is 4.71. The molecule has 0 saturated heterocycles. The van der Waals surface area contributed by atoms with E-state index < -0.39 is 22.8 Å². The summed E-state index contributed by atoms with van der Waals surface area (Å²) in [6.07, 6.45) is 0.162. The Hall–Kier alpha value is -1.21. The van der Waals surface area contributed by atoms with Gasteiger partial charge in [-0.15, -0.1) is 0 Å². The zero-order valence-electron chi connectivity index (χ0n) is 9.26. The van der Waals surface area contributed by atoms with Crippen molar-refractivity contribution in [1.29, 1.82) is 0 Å². The zero-order valence-corrected chi connectivity index (χ0v) is 10.1. The SMILES string of the molecule is CC(OS(C)(=O)=O)c1cccc(OC(F)F)c1. The van der Waals surface area contributed by atoms with Gasteiger partial charge in [0.15, 0.2) is 0 Å². The number of hydrogen-bond donors (Lipinski definition) is 0. The maximum Gasteiger partial charge on any atom is 0.387 e. The predicted molar refractivity (Wildman–Crippen MR) is 57.4 cm³/mol. The van der Waals surface area contributed by atoms with Crippen LogP contribution >= 0.6 is 0 Å². The van der Waals surface area contributed by atoms with E-state index in [0.717, 1.165) is 6.26 Å². The number of ether oxygens (including phenoxy) is 1. The van der Waals surface area contributed by atoms with Crippen molar-refractivity contribution >= 4 is 10.1 Å². The minimum Gasteiger partial charge on any atom is -0.435 e. The summed E-state index contributed by atoms with van der Waals surface area (Å²) in [5, 5.41) is 0. The largest absolute Gasteiger partial charge is 0.435 e. The summed E-state index contributed by atoms with van der Waals surface area (Å²) in [7, 11) is -3.60. The van der Waals surface area contributed by atoms with E-state index in [4.69, 9.17) is 4.18 Å². The molecule has 1 unspecified atom stereocenters. The molecule has 0 aliphatic carbocycles. The molecule has 0 spiro atoms. The van der Waals surface area contributed by atoms with Crippen LogP contribution in [0.2, 0.25) is 0 Å². The molecule has 0 saturated carbocycles. The van der Waals surface area contributed by atoms with Crippen LogP contribution in [0.25, 0.3) is 0 Å².